The van der Waals surface area contributed by atoms with Crippen molar-refractivity contribution in [3.05, 3.63) is 90.5 Å². The first-order valence-corrected chi connectivity index (χ1v) is 9.22. The smallest absolute Gasteiger partial charge is 0.145 e. The molecule has 0 radical (unpaired) electrons. The number of nitrogens with zero attached hydrogens (tertiary/aromatic N) is 1. The first kappa shape index (κ1) is 14.6. The number of rotatable bonds is 1. The molecule has 0 aliphatic carbocycles. The van der Waals surface area contributed by atoms with Gasteiger partial charge in [0.05, 0.1) is 16.4 Å². The van der Waals surface area contributed by atoms with Crippen LogP contribution < -0.4 is 0 Å². The molecule has 0 fully saturated rings. The predicted molar refractivity (Wildman–Crippen MR) is 113 cm³/mol. The van der Waals surface area contributed by atoms with Crippen LogP contribution in [0.5, 0.6) is 0 Å². The highest BCUT2D eigenvalue weighted by Gasteiger charge is 2.18. The van der Waals surface area contributed by atoms with Gasteiger partial charge in [0.25, 0.3) is 0 Å². The zero-order chi connectivity index (χ0) is 18.0. The SMILES string of the molecule is Cc1ccc2c(c1)oc1c2ccc2c1c1ccccc1n2-c1ccccc1. The average molecular weight is 347 g/mol. The lowest BCUT2D eigenvalue weighted by Gasteiger charge is -2.07. The van der Waals surface area contributed by atoms with Crippen molar-refractivity contribution in [3.8, 4) is 5.69 Å². The van der Waals surface area contributed by atoms with Gasteiger partial charge in [0, 0.05) is 21.8 Å². The van der Waals surface area contributed by atoms with E-state index in [4.69, 9.17) is 4.42 Å². The van der Waals surface area contributed by atoms with Crippen LogP contribution in [0.1, 0.15) is 5.56 Å². The molecule has 0 spiro atoms. The summed E-state index contributed by atoms with van der Waals surface area (Å²) in [5.41, 5.74) is 6.67. The Bertz CT molecular complexity index is 1470. The minimum absolute atomic E-state index is 0.953. The summed E-state index contributed by atoms with van der Waals surface area (Å²) in [5.74, 6) is 0. The molecular weight excluding hydrogens is 330 g/mol. The molecule has 0 aliphatic heterocycles. The van der Waals surface area contributed by atoms with Gasteiger partial charge in [-0.25, -0.2) is 0 Å². The third kappa shape index (κ3) is 1.95. The standard InChI is InChI=1S/C25H17NO/c1-16-11-12-18-19-13-14-22-24(25(19)27-23(18)15-16)20-9-5-6-10-21(20)26(22)17-7-3-2-4-8-17/h2-15H,1H3. The van der Waals surface area contributed by atoms with Crippen LogP contribution in [-0.2, 0) is 0 Å². The molecule has 0 saturated heterocycles. The highest BCUT2D eigenvalue weighted by molar-refractivity contribution is 6.23. The van der Waals surface area contributed by atoms with E-state index >= 15 is 0 Å². The number of benzene rings is 4. The second-order valence-corrected chi connectivity index (χ2v) is 7.13. The minimum Gasteiger partial charge on any atom is -0.455 e. The summed E-state index contributed by atoms with van der Waals surface area (Å²) >= 11 is 0. The Balaban J connectivity index is 1.87. The van der Waals surface area contributed by atoms with E-state index in [2.05, 4.69) is 96.4 Å². The van der Waals surface area contributed by atoms with Gasteiger partial charge in [-0.05, 0) is 48.9 Å². The van der Waals surface area contributed by atoms with Crippen molar-refractivity contribution in [2.75, 3.05) is 0 Å². The van der Waals surface area contributed by atoms with Gasteiger partial charge in [-0.2, -0.15) is 0 Å². The largest absolute Gasteiger partial charge is 0.455 e. The maximum Gasteiger partial charge on any atom is 0.145 e. The Morgan fingerprint density at radius 1 is 0.667 bits per heavy atom. The Labute approximate surface area is 156 Å². The summed E-state index contributed by atoms with van der Waals surface area (Å²) in [6, 6.07) is 29.9. The highest BCUT2D eigenvalue weighted by Crippen LogP contribution is 2.40. The topological polar surface area (TPSA) is 18.1 Å². The van der Waals surface area contributed by atoms with E-state index in [1.807, 2.05) is 0 Å². The van der Waals surface area contributed by atoms with Crippen LogP contribution in [0, 0.1) is 6.92 Å². The highest BCUT2D eigenvalue weighted by atomic mass is 16.3. The summed E-state index contributed by atoms with van der Waals surface area (Å²) in [4.78, 5) is 0. The number of fused-ring (bicyclic) bond motifs is 7. The second-order valence-electron chi connectivity index (χ2n) is 7.13. The van der Waals surface area contributed by atoms with Crippen LogP contribution in [0.2, 0.25) is 0 Å². The van der Waals surface area contributed by atoms with Crippen molar-refractivity contribution < 1.29 is 4.42 Å². The van der Waals surface area contributed by atoms with Gasteiger partial charge in [-0.15, -0.1) is 0 Å². The molecule has 0 N–H and O–H groups in total. The van der Waals surface area contributed by atoms with E-state index in [9.17, 15) is 0 Å². The molecule has 0 bridgehead atoms. The van der Waals surface area contributed by atoms with Crippen molar-refractivity contribution >= 4 is 43.7 Å². The minimum atomic E-state index is 0.953. The molecule has 0 aliphatic rings. The van der Waals surface area contributed by atoms with E-state index < -0.39 is 0 Å². The summed E-state index contributed by atoms with van der Waals surface area (Å²) in [6.07, 6.45) is 0. The number of hydrogen-bond acceptors (Lipinski definition) is 1. The molecule has 0 atom stereocenters. The van der Waals surface area contributed by atoms with Crippen LogP contribution in [0.25, 0.3) is 49.4 Å². The maximum absolute atomic E-state index is 6.39. The lowest BCUT2D eigenvalue weighted by molar-refractivity contribution is 0.672. The van der Waals surface area contributed by atoms with Crippen molar-refractivity contribution in [1.29, 1.82) is 0 Å². The Morgan fingerprint density at radius 2 is 1.44 bits per heavy atom. The number of hydrogen-bond donors (Lipinski definition) is 0. The molecule has 128 valence electrons. The Hall–Kier alpha value is -3.52. The van der Waals surface area contributed by atoms with E-state index in [0.29, 0.717) is 0 Å². The molecule has 0 amide bonds. The van der Waals surface area contributed by atoms with E-state index in [0.717, 1.165) is 16.9 Å². The third-order valence-corrected chi connectivity index (χ3v) is 5.44. The van der Waals surface area contributed by atoms with Crippen LogP contribution in [0.4, 0.5) is 0 Å². The van der Waals surface area contributed by atoms with Gasteiger partial charge in [-0.1, -0.05) is 48.5 Å². The van der Waals surface area contributed by atoms with Gasteiger partial charge >= 0.3 is 0 Å². The van der Waals surface area contributed by atoms with Crippen molar-refractivity contribution in [3.63, 3.8) is 0 Å². The predicted octanol–water partition coefficient (Wildman–Crippen LogP) is 6.99. The number of para-hydroxylation sites is 2. The molecule has 0 saturated carbocycles. The molecule has 4 aromatic carbocycles. The fourth-order valence-electron chi connectivity index (χ4n) is 4.25. The monoisotopic (exact) mass is 347 g/mol. The molecule has 2 aromatic heterocycles. The first-order valence-electron chi connectivity index (χ1n) is 9.22. The normalized spacial score (nSPS) is 11.9. The van der Waals surface area contributed by atoms with Gasteiger partial charge in [-0.3, -0.25) is 0 Å². The van der Waals surface area contributed by atoms with Gasteiger partial charge < -0.3 is 8.98 Å². The second kappa shape index (κ2) is 5.24. The maximum atomic E-state index is 6.39. The van der Waals surface area contributed by atoms with Crippen molar-refractivity contribution in [2.24, 2.45) is 0 Å². The molecule has 2 heteroatoms. The lowest BCUT2D eigenvalue weighted by Crippen LogP contribution is -1.92. The molecule has 6 rings (SSSR count). The van der Waals surface area contributed by atoms with Gasteiger partial charge in [0.1, 0.15) is 11.2 Å². The number of furan rings is 1. The molecule has 6 aromatic rings. The fraction of sp³-hybridized carbons (Fsp3) is 0.0400. The van der Waals surface area contributed by atoms with Crippen molar-refractivity contribution in [1.82, 2.24) is 4.57 Å². The van der Waals surface area contributed by atoms with Crippen LogP contribution >= 0.6 is 0 Å². The third-order valence-electron chi connectivity index (χ3n) is 5.44. The molecule has 2 heterocycles. The summed E-state index contributed by atoms with van der Waals surface area (Å²) in [5, 5.41) is 4.75. The summed E-state index contributed by atoms with van der Waals surface area (Å²) in [7, 11) is 0. The molecule has 27 heavy (non-hydrogen) atoms. The average Bonchev–Trinajstić information content (AvgIpc) is 3.23. The Kier molecular flexibility index (Phi) is 2.84. The first-order chi connectivity index (χ1) is 13.3. The number of aromatic nitrogens is 1. The molecule has 0 unspecified atom stereocenters. The zero-order valence-electron chi connectivity index (χ0n) is 14.9. The van der Waals surface area contributed by atoms with Gasteiger partial charge in [0.15, 0.2) is 0 Å². The van der Waals surface area contributed by atoms with Crippen molar-refractivity contribution in [2.45, 2.75) is 6.92 Å². The quantitative estimate of drug-likeness (QED) is 0.313. The van der Waals surface area contributed by atoms with E-state index in [1.54, 1.807) is 0 Å². The zero-order valence-corrected chi connectivity index (χ0v) is 14.9. The van der Waals surface area contributed by atoms with Crippen LogP contribution in [-0.4, -0.2) is 4.57 Å². The fourth-order valence-corrected chi connectivity index (χ4v) is 4.25. The molecule has 2 nitrogen and oxygen atoms in total. The Morgan fingerprint density at radius 3 is 2.33 bits per heavy atom. The molecular formula is C25H17NO. The van der Waals surface area contributed by atoms with Crippen LogP contribution in [0.15, 0.2) is 89.3 Å². The van der Waals surface area contributed by atoms with Gasteiger partial charge in [0.2, 0.25) is 0 Å². The summed E-state index contributed by atoms with van der Waals surface area (Å²) in [6.45, 7) is 2.10. The summed E-state index contributed by atoms with van der Waals surface area (Å²) < 4.78 is 8.71. The lowest BCUT2D eigenvalue weighted by atomic mass is 10.1. The number of aryl methyl sites for hydroxylation is 1. The van der Waals surface area contributed by atoms with E-state index in [1.165, 1.54) is 38.1 Å². The van der Waals surface area contributed by atoms with Crippen LogP contribution in [0.3, 0.4) is 0 Å². The van der Waals surface area contributed by atoms with E-state index in [-0.39, 0.29) is 0 Å².